The van der Waals surface area contributed by atoms with Gasteiger partial charge in [-0.05, 0) is 0 Å². The second-order valence-electron chi connectivity index (χ2n) is 7.39. The van der Waals surface area contributed by atoms with Crippen LogP contribution in [0.25, 0.3) is 0 Å². The first-order chi connectivity index (χ1) is 15.2. The van der Waals surface area contributed by atoms with Gasteiger partial charge in [0, 0.05) is 19.0 Å². The molecule has 2 rings (SSSR count). The lowest BCUT2D eigenvalue weighted by molar-refractivity contribution is -0.347. The third kappa shape index (κ3) is 5.87. The van der Waals surface area contributed by atoms with Crippen LogP contribution in [0, 0.1) is 0 Å². The van der Waals surface area contributed by atoms with Crippen molar-refractivity contribution >= 4 is 17.6 Å². The maximum atomic E-state index is 12.4. The van der Waals surface area contributed by atoms with Crippen LogP contribution in [0.2, 0.25) is 0 Å². The molecule has 2 amide bonds. The molecule has 0 bridgehead atoms. The summed E-state index contributed by atoms with van der Waals surface area (Å²) in [6, 6.07) is -0.660. The molecule has 0 aliphatic carbocycles. The summed E-state index contributed by atoms with van der Waals surface area (Å²) in [6.45, 7) is 2.19. The molecule has 14 heteroatoms. The summed E-state index contributed by atoms with van der Waals surface area (Å²) in [4.78, 5) is 13.5. The topological polar surface area (TPSA) is 202 Å². The monoisotopic (exact) mass is 486 g/mol. The Morgan fingerprint density at radius 3 is 2.22 bits per heavy atom. The van der Waals surface area contributed by atoms with E-state index in [0.717, 1.165) is 4.90 Å². The minimum Gasteiger partial charge on any atom is -0.394 e. The van der Waals surface area contributed by atoms with Crippen LogP contribution in [0.15, 0.2) is 12.7 Å². The van der Waals surface area contributed by atoms with E-state index in [1.165, 1.54) is 6.08 Å². The van der Waals surface area contributed by atoms with Crippen molar-refractivity contribution in [1.29, 1.82) is 0 Å². The maximum Gasteiger partial charge on any atom is 0.319 e. The van der Waals surface area contributed by atoms with Crippen LogP contribution in [0.1, 0.15) is 0 Å². The molecular formula is C18H31ClN2O11. The fourth-order valence-electron chi connectivity index (χ4n) is 3.52. The largest absolute Gasteiger partial charge is 0.394 e. The smallest absolute Gasteiger partial charge is 0.319 e. The highest BCUT2D eigenvalue weighted by atomic mass is 35.5. The number of nitrogens with one attached hydrogen (secondary N) is 1. The molecule has 2 aliphatic heterocycles. The molecule has 0 aromatic heterocycles. The third-order valence-corrected chi connectivity index (χ3v) is 5.43. The molecule has 13 nitrogen and oxygen atoms in total. The second kappa shape index (κ2) is 12.4. The van der Waals surface area contributed by atoms with Crippen LogP contribution < -0.4 is 5.32 Å². The van der Waals surface area contributed by atoms with Crippen molar-refractivity contribution in [3.05, 3.63) is 12.7 Å². The molecule has 0 spiro atoms. The summed E-state index contributed by atoms with van der Waals surface area (Å²) in [6.07, 6.45) is -14.3. The van der Waals surface area contributed by atoms with Crippen LogP contribution in [0.3, 0.4) is 0 Å². The molecule has 2 aliphatic rings. The lowest BCUT2D eigenvalue weighted by Crippen LogP contribution is -2.67. The van der Waals surface area contributed by atoms with Gasteiger partial charge in [0.2, 0.25) is 0 Å². The summed E-state index contributed by atoms with van der Waals surface area (Å²) >= 11 is 5.57. The first kappa shape index (κ1) is 27.1. The van der Waals surface area contributed by atoms with E-state index in [9.17, 15) is 40.5 Å². The van der Waals surface area contributed by atoms with Gasteiger partial charge in [-0.3, -0.25) is 4.90 Å². The van der Waals surface area contributed by atoms with Gasteiger partial charge in [0.25, 0.3) is 0 Å². The quantitative estimate of drug-likeness (QED) is 0.117. The highest BCUT2D eigenvalue weighted by Gasteiger charge is 2.51. The van der Waals surface area contributed by atoms with Crippen LogP contribution in [-0.4, -0.2) is 140 Å². The van der Waals surface area contributed by atoms with Gasteiger partial charge in [-0.1, -0.05) is 6.08 Å². The standard InChI is InChI=1S/C18H31ClN2O11/c1-2-5-21(18(29)20-4-3-19)16-13(27)12(26)15(9(7-23)30-16)32-17-14(28)11(25)10(24)8(6-22)31-17/h2,8-17,22-28H,1,3-7H2,(H,20,29)/t8-,9-,10-,11+,12-,13-,14-,15-,16?,17-/m1/s1. The van der Waals surface area contributed by atoms with Crippen molar-refractivity contribution in [1.82, 2.24) is 10.2 Å². The molecule has 8 N–H and O–H groups in total. The van der Waals surface area contributed by atoms with Crippen LogP contribution >= 0.6 is 11.6 Å². The lowest BCUT2D eigenvalue weighted by atomic mass is 9.96. The Morgan fingerprint density at radius 1 is 1.00 bits per heavy atom. The molecule has 0 saturated carbocycles. The average Bonchev–Trinajstić information content (AvgIpc) is 2.79. The number of halogens is 1. The second-order valence-corrected chi connectivity index (χ2v) is 7.77. The van der Waals surface area contributed by atoms with Crippen molar-refractivity contribution in [3.8, 4) is 0 Å². The number of aliphatic hydroxyl groups is 7. The predicted molar refractivity (Wildman–Crippen MR) is 107 cm³/mol. The van der Waals surface area contributed by atoms with Gasteiger partial charge < -0.3 is 55.3 Å². The molecule has 186 valence electrons. The molecule has 32 heavy (non-hydrogen) atoms. The van der Waals surface area contributed by atoms with Gasteiger partial charge in [0.1, 0.15) is 48.8 Å². The molecule has 0 aromatic rings. The molecule has 2 saturated heterocycles. The van der Waals surface area contributed by atoms with E-state index >= 15 is 0 Å². The number of alkyl halides is 1. The Morgan fingerprint density at radius 2 is 1.66 bits per heavy atom. The Kier molecular flexibility index (Phi) is 10.5. The lowest BCUT2D eigenvalue weighted by Gasteiger charge is -2.48. The average molecular weight is 487 g/mol. The zero-order valence-electron chi connectivity index (χ0n) is 17.2. The molecule has 1 unspecified atom stereocenters. The number of nitrogens with zero attached hydrogens (tertiary/aromatic N) is 1. The van der Waals surface area contributed by atoms with Crippen LogP contribution in [0.5, 0.6) is 0 Å². The van der Waals surface area contributed by atoms with E-state index < -0.39 is 80.6 Å². The van der Waals surface area contributed by atoms with E-state index in [4.69, 9.17) is 25.8 Å². The Labute approximate surface area is 189 Å². The molecular weight excluding hydrogens is 456 g/mol. The maximum absolute atomic E-state index is 12.4. The van der Waals surface area contributed by atoms with Gasteiger partial charge in [-0.2, -0.15) is 0 Å². The minimum absolute atomic E-state index is 0.0705. The number of amides is 2. The normalized spacial score (nSPS) is 40.0. The number of hydrogen-bond acceptors (Lipinski definition) is 11. The van der Waals surface area contributed by atoms with E-state index in [1.54, 1.807) is 0 Å². The van der Waals surface area contributed by atoms with Gasteiger partial charge >= 0.3 is 6.03 Å². The van der Waals surface area contributed by atoms with Gasteiger partial charge in [-0.15, -0.1) is 18.2 Å². The Bertz CT molecular complexity index is 613. The summed E-state index contributed by atoms with van der Waals surface area (Å²) in [5.74, 6) is 0.138. The first-order valence-electron chi connectivity index (χ1n) is 10.0. The molecule has 0 aromatic carbocycles. The summed E-state index contributed by atoms with van der Waals surface area (Å²) in [5, 5.41) is 72.8. The van der Waals surface area contributed by atoms with Gasteiger partial charge in [0.05, 0.1) is 13.2 Å². The van der Waals surface area contributed by atoms with E-state index in [-0.39, 0.29) is 19.0 Å². The highest BCUT2D eigenvalue weighted by molar-refractivity contribution is 6.18. The summed E-state index contributed by atoms with van der Waals surface area (Å²) in [5.41, 5.74) is 0. The first-order valence-corrected chi connectivity index (χ1v) is 10.5. The van der Waals surface area contributed by atoms with Crippen LogP contribution in [-0.2, 0) is 14.2 Å². The number of carbonyl (C=O) groups is 1. The van der Waals surface area contributed by atoms with Gasteiger partial charge in [-0.25, -0.2) is 4.79 Å². The molecule has 10 atom stereocenters. The van der Waals surface area contributed by atoms with Gasteiger partial charge in [0.15, 0.2) is 12.5 Å². The number of rotatable bonds is 9. The van der Waals surface area contributed by atoms with Crippen LogP contribution in [0.4, 0.5) is 4.79 Å². The number of urea groups is 1. The molecule has 0 radical (unpaired) electrons. The summed E-state index contributed by atoms with van der Waals surface area (Å²) in [7, 11) is 0. The predicted octanol–water partition coefficient (Wildman–Crippen LogP) is -3.95. The van der Waals surface area contributed by atoms with Crippen molar-refractivity contribution in [3.63, 3.8) is 0 Å². The molecule has 2 heterocycles. The number of aliphatic hydroxyl groups excluding tert-OH is 7. The van der Waals surface area contributed by atoms with Crippen molar-refractivity contribution in [2.45, 2.75) is 61.3 Å². The molecule has 2 fully saturated rings. The SMILES string of the molecule is C=CCN(C(=O)NCCCl)C1O[C@H](CO)[C@@H](O[C@H]2O[C@H](CO)[C@@H](O)[C@H](O)[C@H]2O)[C@H](O)[C@H]1O. The Balaban J connectivity index is 2.19. The fraction of sp³-hybridized carbons (Fsp3) is 0.833. The number of ether oxygens (including phenoxy) is 3. The number of carbonyl (C=O) groups excluding carboxylic acids is 1. The van der Waals surface area contributed by atoms with Crippen molar-refractivity contribution < 1.29 is 54.8 Å². The Hall–Kier alpha value is -1.10. The van der Waals surface area contributed by atoms with Crippen molar-refractivity contribution in [2.75, 3.05) is 32.2 Å². The fourth-order valence-corrected chi connectivity index (χ4v) is 3.62. The van der Waals surface area contributed by atoms with Crippen molar-refractivity contribution in [2.24, 2.45) is 0 Å². The number of hydrogen-bond donors (Lipinski definition) is 8. The zero-order chi connectivity index (χ0) is 24.0. The summed E-state index contributed by atoms with van der Waals surface area (Å²) < 4.78 is 16.4. The van der Waals surface area contributed by atoms with E-state index in [1.807, 2.05) is 0 Å². The third-order valence-electron chi connectivity index (χ3n) is 5.24. The highest BCUT2D eigenvalue weighted by Crippen LogP contribution is 2.30. The van der Waals surface area contributed by atoms with E-state index in [2.05, 4.69) is 11.9 Å². The zero-order valence-corrected chi connectivity index (χ0v) is 17.9. The minimum atomic E-state index is -1.77. The van der Waals surface area contributed by atoms with E-state index in [0.29, 0.717) is 0 Å².